The van der Waals surface area contributed by atoms with E-state index in [1.807, 2.05) is 6.92 Å². The Morgan fingerprint density at radius 2 is 2.14 bits per heavy atom. The van der Waals surface area contributed by atoms with Gasteiger partial charge in [0.15, 0.2) is 0 Å². The molecule has 0 fully saturated rings. The highest BCUT2D eigenvalue weighted by atomic mass is 19.1. The van der Waals surface area contributed by atoms with Crippen molar-refractivity contribution in [1.29, 1.82) is 5.26 Å². The van der Waals surface area contributed by atoms with E-state index in [-0.39, 0.29) is 5.92 Å². The average Bonchev–Trinajstić information content (AvgIpc) is 2.17. The van der Waals surface area contributed by atoms with Crippen LogP contribution in [-0.2, 0) is 6.42 Å². The van der Waals surface area contributed by atoms with E-state index < -0.39 is 11.6 Å². The lowest BCUT2D eigenvalue weighted by Crippen LogP contribution is -2.02. The quantitative estimate of drug-likeness (QED) is 0.727. The summed E-state index contributed by atoms with van der Waals surface area (Å²) in [6.07, 6.45) is 1.02. The molecule has 0 heterocycles. The number of halogens is 2. The number of nitrogens with zero attached hydrogens (tertiary/aromatic N) is 1. The molecule has 0 N–H and O–H groups in total. The molecule has 1 nitrogen and oxygen atoms in total. The topological polar surface area (TPSA) is 23.8 Å². The summed E-state index contributed by atoms with van der Waals surface area (Å²) in [5, 5.41) is 8.69. The smallest absolute Gasteiger partial charge is 0.129 e. The molecule has 0 aromatic heterocycles. The zero-order chi connectivity index (χ0) is 10.6. The highest BCUT2D eigenvalue weighted by Gasteiger charge is 2.10. The van der Waals surface area contributed by atoms with Gasteiger partial charge in [-0.3, -0.25) is 0 Å². The summed E-state index contributed by atoms with van der Waals surface area (Å²) in [4.78, 5) is 0. The largest absolute Gasteiger partial charge is 0.207 e. The van der Waals surface area contributed by atoms with Gasteiger partial charge in [-0.2, -0.15) is 5.26 Å². The van der Waals surface area contributed by atoms with Crippen molar-refractivity contribution in [2.45, 2.75) is 19.8 Å². The van der Waals surface area contributed by atoms with Crippen LogP contribution in [0.2, 0.25) is 0 Å². The summed E-state index contributed by atoms with van der Waals surface area (Å²) >= 11 is 0. The van der Waals surface area contributed by atoms with Gasteiger partial charge in [-0.05, 0) is 24.5 Å². The Kier molecular flexibility index (Phi) is 3.58. The molecule has 0 bridgehead atoms. The van der Waals surface area contributed by atoms with Gasteiger partial charge in [0.25, 0.3) is 0 Å². The lowest BCUT2D eigenvalue weighted by Gasteiger charge is -2.06. The first-order valence-corrected chi connectivity index (χ1v) is 4.51. The molecule has 14 heavy (non-hydrogen) atoms. The van der Waals surface area contributed by atoms with Crippen LogP contribution in [0.25, 0.3) is 0 Å². The van der Waals surface area contributed by atoms with E-state index in [9.17, 15) is 8.78 Å². The van der Waals surface area contributed by atoms with E-state index in [1.165, 1.54) is 12.1 Å². The summed E-state index contributed by atoms with van der Waals surface area (Å²) in [6.45, 7) is 1.87. The molecule has 3 heteroatoms. The second-order valence-electron chi connectivity index (χ2n) is 3.17. The SMILES string of the molecule is CCC(C#N)Cc1ccc(F)cc1F. The maximum atomic E-state index is 13.1. The van der Waals surface area contributed by atoms with E-state index in [0.717, 1.165) is 6.07 Å². The first kappa shape index (κ1) is 10.6. The Balaban J connectivity index is 2.82. The van der Waals surface area contributed by atoms with Crippen LogP contribution in [0.4, 0.5) is 8.78 Å². The third kappa shape index (κ3) is 2.53. The minimum atomic E-state index is -0.587. The van der Waals surface area contributed by atoms with Crippen molar-refractivity contribution in [3.05, 3.63) is 35.4 Å². The lowest BCUT2D eigenvalue weighted by atomic mass is 9.98. The monoisotopic (exact) mass is 195 g/mol. The third-order valence-corrected chi connectivity index (χ3v) is 2.16. The van der Waals surface area contributed by atoms with Crippen LogP contribution in [0.1, 0.15) is 18.9 Å². The van der Waals surface area contributed by atoms with Crippen LogP contribution >= 0.6 is 0 Å². The molecule has 0 radical (unpaired) electrons. The highest BCUT2D eigenvalue weighted by molar-refractivity contribution is 5.20. The van der Waals surface area contributed by atoms with E-state index in [0.29, 0.717) is 18.4 Å². The van der Waals surface area contributed by atoms with Gasteiger partial charge in [0.2, 0.25) is 0 Å². The van der Waals surface area contributed by atoms with Gasteiger partial charge in [-0.25, -0.2) is 8.78 Å². The fourth-order valence-corrected chi connectivity index (χ4v) is 1.23. The fraction of sp³-hybridized carbons (Fsp3) is 0.364. The third-order valence-electron chi connectivity index (χ3n) is 2.16. The van der Waals surface area contributed by atoms with Gasteiger partial charge in [-0.1, -0.05) is 13.0 Å². The van der Waals surface area contributed by atoms with Crippen LogP contribution in [0.5, 0.6) is 0 Å². The summed E-state index contributed by atoms with van der Waals surface area (Å²) in [6, 6.07) is 5.53. The van der Waals surface area contributed by atoms with Gasteiger partial charge in [0.05, 0.1) is 12.0 Å². The average molecular weight is 195 g/mol. The Bertz CT molecular complexity index is 355. The Hall–Kier alpha value is -1.43. The lowest BCUT2D eigenvalue weighted by molar-refractivity contribution is 0.552. The predicted molar refractivity (Wildman–Crippen MR) is 49.5 cm³/mol. The highest BCUT2D eigenvalue weighted by Crippen LogP contribution is 2.15. The predicted octanol–water partition coefficient (Wildman–Crippen LogP) is 3.06. The molecule has 0 saturated carbocycles. The molecule has 1 aromatic rings. The van der Waals surface area contributed by atoms with E-state index >= 15 is 0 Å². The molecule has 0 amide bonds. The van der Waals surface area contributed by atoms with Crippen LogP contribution in [-0.4, -0.2) is 0 Å². The van der Waals surface area contributed by atoms with Crippen molar-refractivity contribution in [3.8, 4) is 6.07 Å². The van der Waals surface area contributed by atoms with Crippen molar-refractivity contribution in [2.24, 2.45) is 5.92 Å². The maximum Gasteiger partial charge on any atom is 0.129 e. The second kappa shape index (κ2) is 4.71. The number of nitriles is 1. The molecule has 0 saturated heterocycles. The molecule has 0 aliphatic heterocycles. The van der Waals surface area contributed by atoms with Gasteiger partial charge >= 0.3 is 0 Å². The first-order chi connectivity index (χ1) is 6.67. The zero-order valence-corrected chi connectivity index (χ0v) is 7.93. The van der Waals surface area contributed by atoms with Crippen molar-refractivity contribution in [1.82, 2.24) is 0 Å². The first-order valence-electron chi connectivity index (χ1n) is 4.51. The Labute approximate surface area is 82.0 Å². The van der Waals surface area contributed by atoms with E-state index in [1.54, 1.807) is 0 Å². The molecule has 74 valence electrons. The molecule has 0 aliphatic carbocycles. The number of rotatable bonds is 3. The molecule has 1 unspecified atom stereocenters. The summed E-state index contributed by atoms with van der Waals surface area (Å²) in [5.41, 5.74) is 0.403. The molecular formula is C11H11F2N. The number of benzene rings is 1. The van der Waals surface area contributed by atoms with Gasteiger partial charge in [0.1, 0.15) is 11.6 Å². The molecular weight excluding hydrogens is 184 g/mol. The van der Waals surface area contributed by atoms with Crippen molar-refractivity contribution in [3.63, 3.8) is 0 Å². The molecule has 0 spiro atoms. The van der Waals surface area contributed by atoms with Crippen molar-refractivity contribution >= 4 is 0 Å². The van der Waals surface area contributed by atoms with Gasteiger partial charge in [0, 0.05) is 6.07 Å². The van der Waals surface area contributed by atoms with Crippen molar-refractivity contribution in [2.75, 3.05) is 0 Å². The molecule has 1 atom stereocenters. The van der Waals surface area contributed by atoms with Crippen LogP contribution in [0, 0.1) is 28.9 Å². The minimum absolute atomic E-state index is 0.199. The van der Waals surface area contributed by atoms with Gasteiger partial charge in [-0.15, -0.1) is 0 Å². The maximum absolute atomic E-state index is 13.1. The van der Waals surface area contributed by atoms with Crippen molar-refractivity contribution < 1.29 is 8.78 Å². The normalized spacial score (nSPS) is 12.1. The summed E-state index contributed by atoms with van der Waals surface area (Å²) < 4.78 is 25.7. The number of hydrogen-bond acceptors (Lipinski definition) is 1. The Morgan fingerprint density at radius 1 is 1.43 bits per heavy atom. The zero-order valence-electron chi connectivity index (χ0n) is 7.93. The molecule has 1 aromatic carbocycles. The summed E-state index contributed by atoms with van der Waals surface area (Å²) in [7, 11) is 0. The van der Waals surface area contributed by atoms with Crippen LogP contribution in [0.15, 0.2) is 18.2 Å². The van der Waals surface area contributed by atoms with Crippen LogP contribution < -0.4 is 0 Å². The standard InChI is InChI=1S/C11H11F2N/c1-2-8(7-14)5-9-3-4-10(12)6-11(9)13/h3-4,6,8H,2,5H2,1H3. The fourth-order valence-electron chi connectivity index (χ4n) is 1.23. The molecule has 1 rings (SSSR count). The van der Waals surface area contributed by atoms with E-state index in [2.05, 4.69) is 6.07 Å². The van der Waals surface area contributed by atoms with Crippen LogP contribution in [0.3, 0.4) is 0 Å². The van der Waals surface area contributed by atoms with Gasteiger partial charge < -0.3 is 0 Å². The van der Waals surface area contributed by atoms with E-state index in [4.69, 9.17) is 5.26 Å². The summed E-state index contributed by atoms with van der Waals surface area (Å²) in [5.74, 6) is -1.36. The number of hydrogen-bond donors (Lipinski definition) is 0. The minimum Gasteiger partial charge on any atom is -0.207 e. The molecule has 0 aliphatic rings. The second-order valence-corrected chi connectivity index (χ2v) is 3.17. The Morgan fingerprint density at radius 3 is 2.64 bits per heavy atom.